The molecule has 1 saturated heterocycles. The van der Waals surface area contributed by atoms with E-state index in [-0.39, 0.29) is 12.0 Å². The highest BCUT2D eigenvalue weighted by Crippen LogP contribution is 2.17. The molecule has 0 aliphatic carbocycles. The molecule has 0 unspecified atom stereocenters. The Bertz CT molecular complexity index is 622. The van der Waals surface area contributed by atoms with E-state index in [9.17, 15) is 4.79 Å². The average molecular weight is 335 g/mol. The second-order valence-electron chi connectivity index (χ2n) is 5.61. The zero-order valence-corrected chi connectivity index (χ0v) is 13.7. The molecule has 1 amide bonds. The van der Waals surface area contributed by atoms with Gasteiger partial charge in [0.2, 0.25) is 0 Å². The van der Waals surface area contributed by atoms with Crippen LogP contribution in [0.3, 0.4) is 0 Å². The molecule has 0 radical (unpaired) electrons. The lowest BCUT2D eigenvalue weighted by atomic mass is 10.2. The summed E-state index contributed by atoms with van der Waals surface area (Å²) in [4.78, 5) is 14.6. The van der Waals surface area contributed by atoms with E-state index in [1.54, 1.807) is 27.1 Å². The van der Waals surface area contributed by atoms with Gasteiger partial charge in [0.15, 0.2) is 5.69 Å². The first-order valence-corrected chi connectivity index (χ1v) is 8.72. The summed E-state index contributed by atoms with van der Waals surface area (Å²) in [6, 6.07) is 2.03. The summed E-state index contributed by atoms with van der Waals surface area (Å²) in [7, 11) is 0. The van der Waals surface area contributed by atoms with E-state index < -0.39 is 0 Å². The van der Waals surface area contributed by atoms with E-state index in [4.69, 9.17) is 10.5 Å². The Kier molecular flexibility index (Phi) is 5.37. The minimum atomic E-state index is -0.116. The molecular weight excluding hydrogens is 314 g/mol. The van der Waals surface area contributed by atoms with Gasteiger partial charge in [0.1, 0.15) is 0 Å². The molecule has 23 heavy (non-hydrogen) atoms. The lowest BCUT2D eigenvalue weighted by molar-refractivity contribution is 0.0503. The van der Waals surface area contributed by atoms with Crippen molar-refractivity contribution in [2.75, 3.05) is 19.7 Å². The highest BCUT2D eigenvalue weighted by molar-refractivity contribution is 7.07. The maximum Gasteiger partial charge on any atom is 0.276 e. The molecule has 0 bridgehead atoms. The summed E-state index contributed by atoms with van der Waals surface area (Å²) in [5.74, 6) is -0.116. The Labute approximate surface area is 139 Å². The molecule has 124 valence electrons. The topological polar surface area (TPSA) is 86.3 Å². The van der Waals surface area contributed by atoms with Gasteiger partial charge >= 0.3 is 0 Å². The molecule has 0 saturated carbocycles. The van der Waals surface area contributed by atoms with Gasteiger partial charge in [-0.05, 0) is 35.2 Å². The van der Waals surface area contributed by atoms with Crippen molar-refractivity contribution >= 4 is 17.2 Å². The second-order valence-corrected chi connectivity index (χ2v) is 6.39. The minimum absolute atomic E-state index is 0.108. The molecular formula is C15H21N5O2S. The standard InChI is InChI=1S/C15H21N5O2S/c16-4-5-20-10-14(17-18-20)15(21)19(8-12-3-7-23-11-12)9-13-2-1-6-22-13/h3,7,10-11,13H,1-2,4-6,8-9,16H2/t13-/m1/s1. The van der Waals surface area contributed by atoms with Crippen molar-refractivity contribution in [1.29, 1.82) is 0 Å². The Morgan fingerprint density at radius 1 is 1.57 bits per heavy atom. The van der Waals surface area contributed by atoms with E-state index in [0.29, 0.717) is 31.9 Å². The normalized spacial score (nSPS) is 17.5. The highest BCUT2D eigenvalue weighted by atomic mass is 32.1. The number of hydrogen-bond donors (Lipinski definition) is 1. The molecule has 2 N–H and O–H groups in total. The monoisotopic (exact) mass is 335 g/mol. The fourth-order valence-corrected chi connectivity index (χ4v) is 3.32. The number of rotatable bonds is 7. The molecule has 2 aromatic heterocycles. The molecule has 1 atom stereocenters. The van der Waals surface area contributed by atoms with Gasteiger partial charge in [0.05, 0.1) is 18.8 Å². The third kappa shape index (κ3) is 4.15. The predicted octanol–water partition coefficient (Wildman–Crippen LogP) is 1.12. The van der Waals surface area contributed by atoms with E-state index in [1.165, 1.54) is 0 Å². The van der Waals surface area contributed by atoms with Crippen LogP contribution < -0.4 is 5.73 Å². The number of ether oxygens (including phenoxy) is 1. The first-order valence-electron chi connectivity index (χ1n) is 7.78. The van der Waals surface area contributed by atoms with Crippen molar-refractivity contribution in [2.45, 2.75) is 32.0 Å². The number of nitrogens with two attached hydrogens (primary N) is 1. The van der Waals surface area contributed by atoms with Crippen molar-refractivity contribution in [3.05, 3.63) is 34.3 Å². The lowest BCUT2D eigenvalue weighted by Gasteiger charge is -2.24. The van der Waals surface area contributed by atoms with Gasteiger partial charge in [-0.25, -0.2) is 0 Å². The van der Waals surface area contributed by atoms with Crippen LogP contribution in [0.5, 0.6) is 0 Å². The highest BCUT2D eigenvalue weighted by Gasteiger charge is 2.25. The summed E-state index contributed by atoms with van der Waals surface area (Å²) >= 11 is 1.63. The summed E-state index contributed by atoms with van der Waals surface area (Å²) in [5.41, 5.74) is 6.98. The molecule has 2 aromatic rings. The van der Waals surface area contributed by atoms with Gasteiger partial charge in [-0.2, -0.15) is 11.3 Å². The molecule has 0 aromatic carbocycles. The zero-order valence-electron chi connectivity index (χ0n) is 12.9. The molecule has 8 heteroatoms. The first kappa shape index (κ1) is 16.1. The zero-order chi connectivity index (χ0) is 16.1. The molecule has 3 rings (SSSR count). The van der Waals surface area contributed by atoms with Gasteiger partial charge in [0.25, 0.3) is 5.91 Å². The van der Waals surface area contributed by atoms with Crippen LogP contribution in [0, 0.1) is 0 Å². The van der Waals surface area contributed by atoms with Gasteiger partial charge < -0.3 is 15.4 Å². The van der Waals surface area contributed by atoms with Crippen molar-refractivity contribution in [3.63, 3.8) is 0 Å². The van der Waals surface area contributed by atoms with Crippen LogP contribution in [0.1, 0.15) is 28.9 Å². The van der Waals surface area contributed by atoms with E-state index in [2.05, 4.69) is 15.7 Å². The van der Waals surface area contributed by atoms with Crippen LogP contribution in [-0.4, -0.2) is 51.6 Å². The molecule has 3 heterocycles. The maximum absolute atomic E-state index is 12.8. The van der Waals surface area contributed by atoms with E-state index >= 15 is 0 Å². The van der Waals surface area contributed by atoms with Crippen molar-refractivity contribution in [1.82, 2.24) is 19.9 Å². The fraction of sp³-hybridized carbons (Fsp3) is 0.533. The minimum Gasteiger partial charge on any atom is -0.376 e. The predicted molar refractivity (Wildman–Crippen MR) is 87.1 cm³/mol. The molecule has 1 fully saturated rings. The van der Waals surface area contributed by atoms with Crippen LogP contribution in [0.25, 0.3) is 0 Å². The van der Waals surface area contributed by atoms with Crippen LogP contribution in [0.2, 0.25) is 0 Å². The molecule has 1 aliphatic rings. The van der Waals surface area contributed by atoms with Gasteiger partial charge in [0, 0.05) is 26.2 Å². The van der Waals surface area contributed by atoms with Crippen LogP contribution in [0.15, 0.2) is 23.0 Å². The Morgan fingerprint density at radius 3 is 3.17 bits per heavy atom. The summed E-state index contributed by atoms with van der Waals surface area (Å²) in [5, 5.41) is 12.0. The van der Waals surface area contributed by atoms with E-state index in [0.717, 1.165) is 25.0 Å². The largest absolute Gasteiger partial charge is 0.376 e. The van der Waals surface area contributed by atoms with Crippen molar-refractivity contribution in [3.8, 4) is 0 Å². The summed E-state index contributed by atoms with van der Waals surface area (Å²) in [6.07, 6.45) is 3.81. The third-order valence-corrected chi connectivity index (χ3v) is 4.54. The third-order valence-electron chi connectivity index (χ3n) is 3.80. The maximum atomic E-state index is 12.8. The lowest BCUT2D eigenvalue weighted by Crippen LogP contribution is -2.37. The quantitative estimate of drug-likeness (QED) is 0.819. The number of nitrogens with zero attached hydrogens (tertiary/aromatic N) is 4. The molecule has 7 nitrogen and oxygen atoms in total. The number of amides is 1. The Balaban J connectivity index is 1.73. The Morgan fingerprint density at radius 2 is 2.48 bits per heavy atom. The van der Waals surface area contributed by atoms with Crippen LogP contribution >= 0.6 is 11.3 Å². The smallest absolute Gasteiger partial charge is 0.276 e. The van der Waals surface area contributed by atoms with E-state index in [1.807, 2.05) is 11.4 Å². The van der Waals surface area contributed by atoms with Crippen molar-refractivity contribution < 1.29 is 9.53 Å². The average Bonchev–Trinajstić information content (AvgIpc) is 3.29. The second kappa shape index (κ2) is 7.67. The summed E-state index contributed by atoms with van der Waals surface area (Å²) in [6.45, 7) is 2.93. The van der Waals surface area contributed by atoms with Gasteiger partial charge in [-0.1, -0.05) is 5.21 Å². The fourth-order valence-electron chi connectivity index (χ4n) is 2.66. The SMILES string of the molecule is NCCn1cc(C(=O)N(Cc2ccsc2)C[C@H]2CCCO2)nn1. The molecule has 0 spiro atoms. The van der Waals surface area contributed by atoms with Crippen molar-refractivity contribution in [2.24, 2.45) is 5.73 Å². The number of hydrogen-bond acceptors (Lipinski definition) is 6. The Hall–Kier alpha value is -1.77. The van der Waals surface area contributed by atoms with Gasteiger partial charge in [-0.3, -0.25) is 9.48 Å². The number of thiophene rings is 1. The summed E-state index contributed by atoms with van der Waals surface area (Å²) < 4.78 is 7.28. The number of carbonyl (C=O) groups is 1. The first-order chi connectivity index (χ1) is 11.3. The van der Waals surface area contributed by atoms with Gasteiger partial charge in [-0.15, -0.1) is 5.10 Å². The number of carbonyl (C=O) groups excluding carboxylic acids is 1. The molecule has 1 aliphatic heterocycles. The number of aromatic nitrogens is 3. The van der Waals surface area contributed by atoms with Crippen LogP contribution in [-0.2, 0) is 17.8 Å². The van der Waals surface area contributed by atoms with Crippen LogP contribution in [0.4, 0.5) is 0 Å².